The van der Waals surface area contributed by atoms with Gasteiger partial charge in [-0.25, -0.2) is 0 Å². The van der Waals surface area contributed by atoms with Crippen LogP contribution in [0.4, 0.5) is 0 Å². The van der Waals surface area contributed by atoms with Gasteiger partial charge in [0.05, 0.1) is 12.2 Å². The first-order valence-corrected chi connectivity index (χ1v) is 12.5. The summed E-state index contributed by atoms with van der Waals surface area (Å²) in [5.74, 6) is 3.30. The highest BCUT2D eigenvalue weighted by atomic mass is 16.7. The standard InChI is InChI=1S/C27H38O3/c1-17-21-7-8-23-20-6-5-18-15-19(28)9-11-25(18,4)22(20)10-12-26(21,23)16-29-27(17)14-13-24(2,3)30-27/h9,11,15,17,20-23H,5-8,10,12-14,16H2,1-4H3/t17-,20+,21?,22?,23?,25-,26-,27+/m0/s1. The zero-order valence-corrected chi connectivity index (χ0v) is 19.2. The van der Waals surface area contributed by atoms with E-state index < -0.39 is 0 Å². The van der Waals surface area contributed by atoms with Gasteiger partial charge >= 0.3 is 0 Å². The number of ether oxygens (including phenoxy) is 2. The lowest BCUT2D eigenvalue weighted by Crippen LogP contribution is -2.60. The Kier molecular flexibility index (Phi) is 4.01. The van der Waals surface area contributed by atoms with Gasteiger partial charge in [-0.05, 0) is 94.6 Å². The Bertz CT molecular complexity index is 839. The third-order valence-electron chi connectivity index (χ3n) is 10.7. The second-order valence-corrected chi connectivity index (χ2v) is 12.3. The van der Waals surface area contributed by atoms with Gasteiger partial charge in [0.15, 0.2) is 11.6 Å². The van der Waals surface area contributed by atoms with Crippen molar-refractivity contribution in [3.05, 3.63) is 23.8 Å². The molecule has 3 heteroatoms. The van der Waals surface area contributed by atoms with E-state index in [1.54, 1.807) is 0 Å². The summed E-state index contributed by atoms with van der Waals surface area (Å²) in [5, 5.41) is 0. The van der Waals surface area contributed by atoms with Gasteiger partial charge in [0, 0.05) is 23.2 Å². The Morgan fingerprint density at radius 2 is 1.77 bits per heavy atom. The fraction of sp³-hybridized carbons (Fsp3) is 0.815. The lowest BCUT2D eigenvalue weighted by molar-refractivity contribution is -0.329. The summed E-state index contributed by atoms with van der Waals surface area (Å²) in [7, 11) is 0. The molecule has 2 spiro atoms. The molecule has 3 nitrogen and oxygen atoms in total. The molecule has 2 saturated heterocycles. The molecule has 4 aliphatic carbocycles. The van der Waals surface area contributed by atoms with Crippen molar-refractivity contribution < 1.29 is 14.3 Å². The van der Waals surface area contributed by atoms with Crippen LogP contribution in [0.5, 0.6) is 0 Å². The molecule has 0 aromatic carbocycles. The normalized spacial score (nSPS) is 53.7. The molecule has 5 fully saturated rings. The molecular formula is C27H38O3. The first-order valence-electron chi connectivity index (χ1n) is 12.5. The van der Waals surface area contributed by atoms with Crippen LogP contribution in [0.25, 0.3) is 0 Å². The number of allylic oxidation sites excluding steroid dienone is 4. The molecule has 0 radical (unpaired) electrons. The van der Waals surface area contributed by atoms with Crippen LogP contribution in [0, 0.1) is 40.4 Å². The van der Waals surface area contributed by atoms with Crippen LogP contribution in [0.1, 0.15) is 79.1 Å². The minimum Gasteiger partial charge on any atom is -0.349 e. The van der Waals surface area contributed by atoms with Crippen molar-refractivity contribution in [2.75, 3.05) is 6.61 Å². The molecule has 2 aliphatic heterocycles. The van der Waals surface area contributed by atoms with Crippen molar-refractivity contribution in [1.82, 2.24) is 0 Å². The van der Waals surface area contributed by atoms with E-state index in [0.29, 0.717) is 17.3 Å². The van der Waals surface area contributed by atoms with Crippen molar-refractivity contribution in [3.63, 3.8) is 0 Å². The maximum Gasteiger partial charge on any atom is 0.178 e. The molecule has 8 atom stereocenters. The first kappa shape index (κ1) is 19.7. The van der Waals surface area contributed by atoms with Crippen LogP contribution in [0.15, 0.2) is 23.8 Å². The lowest BCUT2D eigenvalue weighted by Gasteiger charge is -2.61. The lowest BCUT2D eigenvalue weighted by atomic mass is 9.46. The molecule has 0 bridgehead atoms. The summed E-state index contributed by atoms with van der Waals surface area (Å²) in [6.45, 7) is 10.2. The minimum atomic E-state index is -0.341. The average Bonchev–Trinajstić information content (AvgIpc) is 3.25. The average molecular weight is 411 g/mol. The molecule has 3 saturated carbocycles. The number of carbonyl (C=O) groups is 1. The SMILES string of the molecule is C[C@H]1C2CCC3[C@@H]4CCC5=CC(=O)C=C[C@]5(C)C4CC[C@@]32CO[C@@]12CCC(C)(C)O2. The fourth-order valence-electron chi connectivity index (χ4n) is 9.24. The van der Waals surface area contributed by atoms with E-state index in [9.17, 15) is 4.79 Å². The van der Waals surface area contributed by atoms with Crippen LogP contribution in [0.3, 0.4) is 0 Å². The van der Waals surface area contributed by atoms with Crippen molar-refractivity contribution in [2.24, 2.45) is 40.4 Å². The van der Waals surface area contributed by atoms with Crippen molar-refractivity contribution >= 4 is 5.78 Å². The van der Waals surface area contributed by atoms with E-state index in [1.165, 1.54) is 37.7 Å². The second kappa shape index (κ2) is 6.10. The predicted molar refractivity (Wildman–Crippen MR) is 117 cm³/mol. The van der Waals surface area contributed by atoms with Gasteiger partial charge in [0.2, 0.25) is 0 Å². The van der Waals surface area contributed by atoms with Crippen LogP contribution < -0.4 is 0 Å². The zero-order valence-electron chi connectivity index (χ0n) is 19.2. The summed E-state index contributed by atoms with van der Waals surface area (Å²) in [5.41, 5.74) is 1.79. The molecule has 3 unspecified atom stereocenters. The molecule has 0 aromatic rings. The molecule has 30 heavy (non-hydrogen) atoms. The zero-order chi connectivity index (χ0) is 20.9. The maximum absolute atomic E-state index is 12.0. The summed E-state index contributed by atoms with van der Waals surface area (Å²) in [4.78, 5) is 12.0. The third kappa shape index (κ3) is 2.43. The van der Waals surface area contributed by atoms with Gasteiger partial charge in [-0.3, -0.25) is 4.79 Å². The quantitative estimate of drug-likeness (QED) is 0.503. The summed E-state index contributed by atoms with van der Waals surface area (Å²) >= 11 is 0. The number of carbonyl (C=O) groups excluding carboxylic acids is 1. The van der Waals surface area contributed by atoms with Crippen molar-refractivity contribution in [3.8, 4) is 0 Å². The molecule has 6 aliphatic rings. The van der Waals surface area contributed by atoms with Crippen LogP contribution in [0.2, 0.25) is 0 Å². The number of hydrogen-bond donors (Lipinski definition) is 0. The number of ketones is 1. The van der Waals surface area contributed by atoms with E-state index in [4.69, 9.17) is 9.47 Å². The number of fused-ring (bicyclic) bond motifs is 4. The summed E-state index contributed by atoms with van der Waals surface area (Å²) < 4.78 is 13.4. The number of rotatable bonds is 0. The summed E-state index contributed by atoms with van der Waals surface area (Å²) in [6.07, 6.45) is 15.8. The van der Waals surface area contributed by atoms with E-state index in [2.05, 4.69) is 33.8 Å². The van der Waals surface area contributed by atoms with Crippen molar-refractivity contribution in [2.45, 2.75) is 90.4 Å². The fourth-order valence-corrected chi connectivity index (χ4v) is 9.24. The molecule has 0 amide bonds. The Hall–Kier alpha value is -0.930. The molecule has 164 valence electrons. The van der Waals surface area contributed by atoms with Gasteiger partial charge in [0.1, 0.15) is 0 Å². The van der Waals surface area contributed by atoms with Crippen LogP contribution >= 0.6 is 0 Å². The van der Waals surface area contributed by atoms with Crippen molar-refractivity contribution in [1.29, 1.82) is 0 Å². The molecule has 2 heterocycles. The monoisotopic (exact) mass is 410 g/mol. The Morgan fingerprint density at radius 3 is 2.53 bits per heavy atom. The Morgan fingerprint density at radius 1 is 0.967 bits per heavy atom. The smallest absolute Gasteiger partial charge is 0.178 e. The van der Waals surface area contributed by atoms with E-state index in [0.717, 1.165) is 43.6 Å². The predicted octanol–water partition coefficient (Wildman–Crippen LogP) is 5.84. The highest BCUT2D eigenvalue weighted by Crippen LogP contribution is 2.70. The summed E-state index contributed by atoms with van der Waals surface area (Å²) in [6, 6.07) is 0. The third-order valence-corrected chi connectivity index (χ3v) is 10.7. The second-order valence-electron chi connectivity index (χ2n) is 12.3. The number of hydrogen-bond acceptors (Lipinski definition) is 3. The van der Waals surface area contributed by atoms with E-state index >= 15 is 0 Å². The van der Waals surface area contributed by atoms with E-state index in [1.807, 2.05) is 12.2 Å². The minimum absolute atomic E-state index is 0.0557. The van der Waals surface area contributed by atoms with Gasteiger partial charge in [-0.1, -0.05) is 25.5 Å². The van der Waals surface area contributed by atoms with Crippen LogP contribution in [-0.4, -0.2) is 23.8 Å². The van der Waals surface area contributed by atoms with Crippen LogP contribution in [-0.2, 0) is 14.3 Å². The van der Waals surface area contributed by atoms with Gasteiger partial charge in [-0.15, -0.1) is 0 Å². The van der Waals surface area contributed by atoms with Gasteiger partial charge in [-0.2, -0.15) is 0 Å². The molecular weight excluding hydrogens is 372 g/mol. The van der Waals surface area contributed by atoms with Gasteiger partial charge in [0.25, 0.3) is 0 Å². The molecule has 6 rings (SSSR count). The van der Waals surface area contributed by atoms with E-state index in [-0.39, 0.29) is 22.6 Å². The molecule has 0 aromatic heterocycles. The molecule has 0 N–H and O–H groups in total. The Balaban J connectivity index is 1.30. The highest BCUT2D eigenvalue weighted by Gasteiger charge is 2.67. The highest BCUT2D eigenvalue weighted by molar-refractivity contribution is 6.01. The Labute approximate surface area is 181 Å². The largest absolute Gasteiger partial charge is 0.349 e. The topological polar surface area (TPSA) is 35.5 Å². The first-order chi connectivity index (χ1) is 14.2. The maximum atomic E-state index is 12.0. The van der Waals surface area contributed by atoms with Gasteiger partial charge < -0.3 is 9.47 Å².